The zero-order valence-electron chi connectivity index (χ0n) is 10.9. The van der Waals surface area contributed by atoms with E-state index >= 15 is 0 Å². The molecule has 1 heterocycles. The Hall–Kier alpha value is -1.10. The van der Waals surface area contributed by atoms with E-state index in [4.69, 9.17) is 5.73 Å². The van der Waals surface area contributed by atoms with Crippen molar-refractivity contribution in [3.8, 4) is 0 Å². The molecule has 0 fully saturated rings. The van der Waals surface area contributed by atoms with Crippen molar-refractivity contribution in [2.45, 2.75) is 45.6 Å². The zero-order chi connectivity index (χ0) is 13.5. The van der Waals surface area contributed by atoms with Crippen LogP contribution in [-0.4, -0.2) is 16.9 Å². The van der Waals surface area contributed by atoms with E-state index in [0.29, 0.717) is 5.56 Å². The summed E-state index contributed by atoms with van der Waals surface area (Å²) in [6.45, 7) is 4.17. The number of carbonyl (C=O) groups is 1. The van der Waals surface area contributed by atoms with Crippen molar-refractivity contribution >= 4 is 27.7 Å². The van der Waals surface area contributed by atoms with Crippen LogP contribution in [0.2, 0.25) is 0 Å². The molecule has 0 saturated carbocycles. The minimum atomic E-state index is -0.162. The molecule has 5 heteroatoms. The standard InChI is InChI=1S/C13H20BrN3O/c1-3-4-5-6-9(2)17-13(18)11-7-10(14)8-16-12(11)15/h7-9H,3-6H2,1-2H3,(H2,15,16)(H,17,18). The molecule has 1 aromatic heterocycles. The van der Waals surface area contributed by atoms with Crippen molar-refractivity contribution in [1.29, 1.82) is 0 Å². The van der Waals surface area contributed by atoms with Crippen LogP contribution in [-0.2, 0) is 0 Å². The molecule has 1 rings (SSSR count). The average Bonchev–Trinajstić information content (AvgIpc) is 2.32. The fourth-order valence-electron chi connectivity index (χ4n) is 1.71. The number of rotatable bonds is 6. The molecule has 0 spiro atoms. The highest BCUT2D eigenvalue weighted by Crippen LogP contribution is 2.15. The lowest BCUT2D eigenvalue weighted by atomic mass is 10.1. The molecular weight excluding hydrogens is 294 g/mol. The van der Waals surface area contributed by atoms with Gasteiger partial charge in [0, 0.05) is 16.7 Å². The van der Waals surface area contributed by atoms with Crippen molar-refractivity contribution < 1.29 is 4.79 Å². The van der Waals surface area contributed by atoms with E-state index in [0.717, 1.165) is 17.3 Å². The Morgan fingerprint density at radius 3 is 2.94 bits per heavy atom. The summed E-state index contributed by atoms with van der Waals surface area (Å²) < 4.78 is 0.750. The Morgan fingerprint density at radius 2 is 2.28 bits per heavy atom. The van der Waals surface area contributed by atoms with Gasteiger partial charge in [-0.2, -0.15) is 0 Å². The molecule has 0 saturated heterocycles. The quantitative estimate of drug-likeness (QED) is 0.793. The van der Waals surface area contributed by atoms with Gasteiger partial charge in [-0.15, -0.1) is 0 Å². The molecular formula is C13H20BrN3O. The van der Waals surface area contributed by atoms with E-state index < -0.39 is 0 Å². The lowest BCUT2D eigenvalue weighted by Crippen LogP contribution is -2.33. The van der Waals surface area contributed by atoms with E-state index in [9.17, 15) is 4.79 Å². The highest BCUT2D eigenvalue weighted by molar-refractivity contribution is 9.10. The predicted octanol–water partition coefficient (Wildman–Crippen LogP) is 3.12. The van der Waals surface area contributed by atoms with Crippen molar-refractivity contribution in [1.82, 2.24) is 10.3 Å². The van der Waals surface area contributed by atoms with Crippen molar-refractivity contribution in [2.75, 3.05) is 5.73 Å². The van der Waals surface area contributed by atoms with E-state index in [1.165, 1.54) is 12.8 Å². The van der Waals surface area contributed by atoms with Gasteiger partial charge in [0.2, 0.25) is 0 Å². The Kier molecular flexibility index (Phi) is 6.12. The minimum Gasteiger partial charge on any atom is -0.383 e. The van der Waals surface area contributed by atoms with Crippen LogP contribution in [0.3, 0.4) is 0 Å². The number of nitrogens with one attached hydrogen (secondary N) is 1. The van der Waals surface area contributed by atoms with E-state index in [1.807, 2.05) is 6.92 Å². The van der Waals surface area contributed by atoms with Crippen LogP contribution >= 0.6 is 15.9 Å². The summed E-state index contributed by atoms with van der Waals surface area (Å²) in [7, 11) is 0. The van der Waals surface area contributed by atoms with Gasteiger partial charge in [0.05, 0.1) is 5.56 Å². The molecule has 1 unspecified atom stereocenters. The third-order valence-electron chi connectivity index (χ3n) is 2.75. The third kappa shape index (κ3) is 4.64. The van der Waals surface area contributed by atoms with Crippen LogP contribution in [0.25, 0.3) is 0 Å². The molecule has 3 N–H and O–H groups in total. The maximum absolute atomic E-state index is 12.0. The second kappa shape index (κ2) is 7.36. The Bertz CT molecular complexity index is 409. The number of anilines is 1. The van der Waals surface area contributed by atoms with Crippen LogP contribution in [0.5, 0.6) is 0 Å². The van der Waals surface area contributed by atoms with E-state index in [2.05, 4.69) is 33.2 Å². The van der Waals surface area contributed by atoms with Gasteiger partial charge in [-0.1, -0.05) is 26.2 Å². The lowest BCUT2D eigenvalue weighted by Gasteiger charge is -2.14. The predicted molar refractivity (Wildman–Crippen MR) is 77.4 cm³/mol. The summed E-state index contributed by atoms with van der Waals surface area (Å²) in [4.78, 5) is 16.0. The molecule has 1 atom stereocenters. The molecule has 0 bridgehead atoms. The largest absolute Gasteiger partial charge is 0.383 e. The third-order valence-corrected chi connectivity index (χ3v) is 3.18. The Labute approximate surface area is 116 Å². The molecule has 1 amide bonds. The first-order valence-electron chi connectivity index (χ1n) is 6.26. The Balaban J connectivity index is 2.56. The first-order chi connectivity index (χ1) is 8.54. The number of hydrogen-bond acceptors (Lipinski definition) is 3. The normalized spacial score (nSPS) is 12.2. The van der Waals surface area contributed by atoms with Gasteiger partial charge in [0.25, 0.3) is 5.91 Å². The fraction of sp³-hybridized carbons (Fsp3) is 0.538. The summed E-state index contributed by atoms with van der Waals surface area (Å²) >= 11 is 3.28. The van der Waals surface area contributed by atoms with Gasteiger partial charge < -0.3 is 11.1 Å². The van der Waals surface area contributed by atoms with Crippen LogP contribution in [0.15, 0.2) is 16.7 Å². The summed E-state index contributed by atoms with van der Waals surface area (Å²) in [5.41, 5.74) is 6.12. The molecule has 0 aliphatic heterocycles. The summed E-state index contributed by atoms with van der Waals surface area (Å²) in [5, 5.41) is 2.94. The molecule has 0 radical (unpaired) electrons. The Morgan fingerprint density at radius 1 is 1.56 bits per heavy atom. The molecule has 0 aliphatic rings. The second-order valence-corrected chi connectivity index (χ2v) is 5.37. The van der Waals surface area contributed by atoms with Gasteiger partial charge in [-0.25, -0.2) is 4.98 Å². The second-order valence-electron chi connectivity index (χ2n) is 4.46. The summed E-state index contributed by atoms with van der Waals surface area (Å²) in [6.07, 6.45) is 6.08. The zero-order valence-corrected chi connectivity index (χ0v) is 12.5. The lowest BCUT2D eigenvalue weighted by molar-refractivity contribution is 0.0938. The van der Waals surface area contributed by atoms with Crippen LogP contribution in [0.1, 0.15) is 49.9 Å². The van der Waals surface area contributed by atoms with Crippen LogP contribution in [0, 0.1) is 0 Å². The highest BCUT2D eigenvalue weighted by atomic mass is 79.9. The van der Waals surface area contributed by atoms with Gasteiger partial charge >= 0.3 is 0 Å². The maximum atomic E-state index is 12.0. The van der Waals surface area contributed by atoms with Crippen molar-refractivity contribution in [2.24, 2.45) is 0 Å². The van der Waals surface area contributed by atoms with Crippen LogP contribution < -0.4 is 11.1 Å². The maximum Gasteiger partial charge on any atom is 0.255 e. The number of nitrogens with two attached hydrogens (primary N) is 1. The van der Waals surface area contributed by atoms with Gasteiger partial charge in [0.15, 0.2) is 0 Å². The highest BCUT2D eigenvalue weighted by Gasteiger charge is 2.13. The molecule has 0 aliphatic carbocycles. The minimum absolute atomic E-state index is 0.155. The molecule has 100 valence electrons. The first kappa shape index (κ1) is 15.0. The van der Waals surface area contributed by atoms with E-state index in [-0.39, 0.29) is 17.8 Å². The van der Waals surface area contributed by atoms with Crippen molar-refractivity contribution in [3.05, 3.63) is 22.3 Å². The first-order valence-corrected chi connectivity index (χ1v) is 7.05. The molecule has 0 aromatic carbocycles. The number of halogens is 1. The SMILES string of the molecule is CCCCCC(C)NC(=O)c1cc(Br)cnc1N. The smallest absolute Gasteiger partial charge is 0.255 e. The van der Waals surface area contributed by atoms with Crippen LogP contribution in [0.4, 0.5) is 5.82 Å². The van der Waals surface area contributed by atoms with Crippen molar-refractivity contribution in [3.63, 3.8) is 0 Å². The number of hydrogen-bond donors (Lipinski definition) is 2. The molecule has 18 heavy (non-hydrogen) atoms. The summed E-state index contributed by atoms with van der Waals surface area (Å²) in [5.74, 6) is 0.0988. The number of nitrogen functional groups attached to an aromatic ring is 1. The number of pyridine rings is 1. The number of carbonyl (C=O) groups excluding carboxylic acids is 1. The molecule has 1 aromatic rings. The number of aromatic nitrogens is 1. The van der Waals surface area contributed by atoms with Gasteiger partial charge in [-0.3, -0.25) is 4.79 Å². The monoisotopic (exact) mass is 313 g/mol. The topological polar surface area (TPSA) is 68.0 Å². The van der Waals surface area contributed by atoms with Gasteiger partial charge in [-0.05, 0) is 35.3 Å². The summed E-state index contributed by atoms with van der Waals surface area (Å²) in [6, 6.07) is 1.85. The number of nitrogens with zero attached hydrogens (tertiary/aromatic N) is 1. The molecule has 4 nitrogen and oxygen atoms in total. The fourth-order valence-corrected chi connectivity index (χ4v) is 2.04. The number of amides is 1. The van der Waals surface area contributed by atoms with E-state index in [1.54, 1.807) is 12.3 Å². The average molecular weight is 314 g/mol. The number of unbranched alkanes of at least 4 members (excludes halogenated alkanes) is 2. The van der Waals surface area contributed by atoms with Gasteiger partial charge in [0.1, 0.15) is 5.82 Å².